The van der Waals surface area contributed by atoms with E-state index in [0.29, 0.717) is 0 Å². The number of hydrogen-bond acceptors (Lipinski definition) is 3. The summed E-state index contributed by atoms with van der Waals surface area (Å²) in [6, 6.07) is 4.10. The molecule has 1 fully saturated rings. The van der Waals surface area contributed by atoms with Crippen molar-refractivity contribution in [1.82, 2.24) is 4.90 Å². The van der Waals surface area contributed by atoms with E-state index in [1.165, 1.54) is 18.2 Å². The van der Waals surface area contributed by atoms with E-state index in [2.05, 4.69) is 5.32 Å². The molecule has 96 valence electrons. The number of carbonyl (C=O) groups excluding carboxylic acids is 1. The molecule has 6 heteroatoms. The van der Waals surface area contributed by atoms with Crippen LogP contribution in [0, 0.1) is 0 Å². The van der Waals surface area contributed by atoms with Crippen molar-refractivity contribution >= 4 is 17.7 Å². The van der Waals surface area contributed by atoms with Gasteiger partial charge < -0.3 is 20.4 Å². The average molecular weight is 250 g/mol. The van der Waals surface area contributed by atoms with Gasteiger partial charge in [-0.3, -0.25) is 0 Å². The molecule has 0 aliphatic heterocycles. The number of carboxylic acids is 1. The highest BCUT2D eigenvalue weighted by atomic mass is 16.4. The summed E-state index contributed by atoms with van der Waals surface area (Å²) in [6.07, 6.45) is 1.95. The summed E-state index contributed by atoms with van der Waals surface area (Å²) < 4.78 is 0. The molecule has 0 radical (unpaired) electrons. The fourth-order valence-electron chi connectivity index (χ4n) is 1.65. The van der Waals surface area contributed by atoms with Gasteiger partial charge in [-0.2, -0.15) is 0 Å². The number of hydrogen-bond donors (Lipinski definition) is 3. The number of urea groups is 1. The van der Waals surface area contributed by atoms with Crippen LogP contribution in [0.4, 0.5) is 10.5 Å². The van der Waals surface area contributed by atoms with Crippen LogP contribution in [0.1, 0.15) is 23.2 Å². The summed E-state index contributed by atoms with van der Waals surface area (Å²) in [7, 11) is 1.67. The van der Waals surface area contributed by atoms with Crippen molar-refractivity contribution < 1.29 is 19.8 Å². The lowest BCUT2D eigenvalue weighted by Gasteiger charge is -2.17. The van der Waals surface area contributed by atoms with Gasteiger partial charge in [0, 0.05) is 13.1 Å². The zero-order chi connectivity index (χ0) is 13.3. The lowest BCUT2D eigenvalue weighted by Crippen LogP contribution is -2.33. The number of para-hydroxylation sites is 1. The molecule has 0 aromatic heterocycles. The van der Waals surface area contributed by atoms with Crippen molar-refractivity contribution in [2.75, 3.05) is 12.4 Å². The Bertz CT molecular complexity index is 497. The predicted molar refractivity (Wildman–Crippen MR) is 64.9 cm³/mol. The summed E-state index contributed by atoms with van der Waals surface area (Å²) in [5.74, 6) is -1.67. The summed E-state index contributed by atoms with van der Waals surface area (Å²) in [6.45, 7) is 0. The van der Waals surface area contributed by atoms with Crippen LogP contribution in [0.5, 0.6) is 5.75 Å². The molecule has 18 heavy (non-hydrogen) atoms. The van der Waals surface area contributed by atoms with E-state index in [4.69, 9.17) is 5.11 Å². The number of amides is 2. The summed E-state index contributed by atoms with van der Waals surface area (Å²) in [5.41, 5.74) is -0.130. The highest BCUT2D eigenvalue weighted by Crippen LogP contribution is 2.29. The second-order valence-corrected chi connectivity index (χ2v) is 4.28. The van der Waals surface area contributed by atoms with Crippen molar-refractivity contribution in [3.05, 3.63) is 23.8 Å². The minimum absolute atomic E-state index is 0.104. The van der Waals surface area contributed by atoms with E-state index in [1.807, 2.05) is 0 Å². The summed E-state index contributed by atoms with van der Waals surface area (Å²) in [5, 5.41) is 21.1. The van der Waals surface area contributed by atoms with Crippen LogP contribution in [0.2, 0.25) is 0 Å². The van der Waals surface area contributed by atoms with Gasteiger partial charge in [0.05, 0.1) is 5.69 Å². The van der Waals surface area contributed by atoms with Gasteiger partial charge in [0.2, 0.25) is 0 Å². The Hall–Kier alpha value is -2.24. The topological polar surface area (TPSA) is 89.9 Å². The summed E-state index contributed by atoms with van der Waals surface area (Å²) in [4.78, 5) is 24.2. The van der Waals surface area contributed by atoms with E-state index >= 15 is 0 Å². The van der Waals surface area contributed by atoms with Gasteiger partial charge in [0.15, 0.2) is 5.75 Å². The number of carbonyl (C=O) groups is 2. The Balaban J connectivity index is 2.16. The monoisotopic (exact) mass is 250 g/mol. The zero-order valence-electron chi connectivity index (χ0n) is 9.88. The Kier molecular flexibility index (Phi) is 3.10. The van der Waals surface area contributed by atoms with E-state index < -0.39 is 11.7 Å². The van der Waals surface area contributed by atoms with Crippen molar-refractivity contribution in [3.8, 4) is 5.75 Å². The van der Waals surface area contributed by atoms with Gasteiger partial charge in [0.25, 0.3) is 0 Å². The van der Waals surface area contributed by atoms with Gasteiger partial charge >= 0.3 is 12.0 Å². The molecule has 6 nitrogen and oxygen atoms in total. The molecular formula is C12H14N2O4. The maximum Gasteiger partial charge on any atom is 0.339 e. The molecule has 0 bridgehead atoms. The molecule has 1 aromatic rings. The molecule has 0 unspecified atom stereocenters. The van der Waals surface area contributed by atoms with E-state index in [1.54, 1.807) is 11.9 Å². The van der Waals surface area contributed by atoms with Crippen LogP contribution < -0.4 is 5.32 Å². The van der Waals surface area contributed by atoms with Crippen LogP contribution in [0.25, 0.3) is 0 Å². The average Bonchev–Trinajstić information content (AvgIpc) is 3.14. The lowest BCUT2D eigenvalue weighted by molar-refractivity contribution is 0.0693. The number of phenols is 1. The third kappa shape index (κ3) is 2.37. The largest absolute Gasteiger partial charge is 0.505 e. The fourth-order valence-corrected chi connectivity index (χ4v) is 1.65. The van der Waals surface area contributed by atoms with E-state index in [9.17, 15) is 14.7 Å². The van der Waals surface area contributed by atoms with E-state index in [-0.39, 0.29) is 23.3 Å². The van der Waals surface area contributed by atoms with Gasteiger partial charge in [-0.1, -0.05) is 6.07 Å². The van der Waals surface area contributed by atoms with Crippen molar-refractivity contribution in [3.63, 3.8) is 0 Å². The number of carboxylic acid groups (broad SMARTS) is 1. The quantitative estimate of drug-likeness (QED) is 0.712. The molecule has 0 atom stereocenters. The number of aromatic hydroxyl groups is 1. The minimum Gasteiger partial charge on any atom is -0.505 e. The second kappa shape index (κ2) is 4.56. The standard InChI is InChI=1S/C12H14N2O4/c1-14(7-5-6-7)12(18)13-9-4-2-3-8(10(9)15)11(16)17/h2-4,7,15H,5-6H2,1H3,(H,13,18)(H,16,17). The number of benzene rings is 1. The Morgan fingerprint density at radius 2 is 2.06 bits per heavy atom. The maximum absolute atomic E-state index is 11.8. The van der Waals surface area contributed by atoms with Crippen LogP contribution in [0.3, 0.4) is 0 Å². The first-order valence-electron chi connectivity index (χ1n) is 5.59. The number of anilines is 1. The minimum atomic E-state index is -1.24. The molecule has 0 spiro atoms. The highest BCUT2D eigenvalue weighted by molar-refractivity contribution is 5.97. The van der Waals surface area contributed by atoms with Gasteiger partial charge in [0.1, 0.15) is 5.56 Å². The SMILES string of the molecule is CN(C(=O)Nc1cccc(C(=O)O)c1O)C1CC1. The van der Waals surface area contributed by atoms with E-state index in [0.717, 1.165) is 12.8 Å². The fraction of sp³-hybridized carbons (Fsp3) is 0.333. The molecule has 0 heterocycles. The van der Waals surface area contributed by atoms with Crippen molar-refractivity contribution in [2.45, 2.75) is 18.9 Å². The number of rotatable bonds is 3. The molecule has 2 rings (SSSR count). The third-order valence-electron chi connectivity index (χ3n) is 2.92. The second-order valence-electron chi connectivity index (χ2n) is 4.28. The van der Waals surface area contributed by atoms with Crippen LogP contribution in [-0.4, -0.2) is 40.2 Å². The predicted octanol–water partition coefficient (Wildman–Crippen LogP) is 1.72. The maximum atomic E-state index is 11.8. The summed E-state index contributed by atoms with van der Waals surface area (Å²) >= 11 is 0. The first-order chi connectivity index (χ1) is 8.50. The molecule has 3 N–H and O–H groups in total. The molecule has 1 aromatic carbocycles. The molecule has 0 saturated heterocycles. The van der Waals surface area contributed by atoms with Gasteiger partial charge in [-0.05, 0) is 25.0 Å². The molecule has 1 aliphatic carbocycles. The van der Waals surface area contributed by atoms with Crippen molar-refractivity contribution in [2.24, 2.45) is 0 Å². The smallest absolute Gasteiger partial charge is 0.339 e. The highest BCUT2D eigenvalue weighted by Gasteiger charge is 2.30. The van der Waals surface area contributed by atoms with Gasteiger partial charge in [-0.25, -0.2) is 9.59 Å². The van der Waals surface area contributed by atoms with Crippen LogP contribution >= 0.6 is 0 Å². The Morgan fingerprint density at radius 1 is 1.39 bits per heavy atom. The number of nitrogens with zero attached hydrogens (tertiary/aromatic N) is 1. The number of nitrogens with one attached hydrogen (secondary N) is 1. The third-order valence-corrected chi connectivity index (χ3v) is 2.92. The normalized spacial score (nSPS) is 14.1. The Morgan fingerprint density at radius 3 is 2.61 bits per heavy atom. The molecule has 2 amide bonds. The van der Waals surface area contributed by atoms with Crippen molar-refractivity contribution in [1.29, 1.82) is 0 Å². The Labute approximate surface area is 104 Å². The van der Waals surface area contributed by atoms with Crippen LogP contribution in [0.15, 0.2) is 18.2 Å². The lowest BCUT2D eigenvalue weighted by atomic mass is 10.1. The number of aromatic carboxylic acids is 1. The zero-order valence-corrected chi connectivity index (χ0v) is 9.88. The molecular weight excluding hydrogens is 236 g/mol. The first-order valence-corrected chi connectivity index (χ1v) is 5.59. The molecule has 1 aliphatic rings. The van der Waals surface area contributed by atoms with Gasteiger partial charge in [-0.15, -0.1) is 0 Å². The first kappa shape index (κ1) is 12.2. The van der Waals surface area contributed by atoms with Crippen LogP contribution in [-0.2, 0) is 0 Å². The molecule has 1 saturated carbocycles.